The van der Waals surface area contributed by atoms with E-state index in [1.807, 2.05) is 30.3 Å². The fraction of sp³-hybridized carbons (Fsp3) is 0.348. The quantitative estimate of drug-likeness (QED) is 0.400. The Bertz CT molecular complexity index is 940. The molecular formula is C23H24BrFN2. The number of nitriles is 1. The average Bonchev–Trinajstić information content (AvgIpc) is 2.60. The summed E-state index contributed by atoms with van der Waals surface area (Å²) in [5, 5.41) is 9.60. The third-order valence-corrected chi connectivity index (χ3v) is 5.87. The van der Waals surface area contributed by atoms with E-state index in [0.717, 1.165) is 34.3 Å². The lowest BCUT2D eigenvalue weighted by atomic mass is 9.79. The summed E-state index contributed by atoms with van der Waals surface area (Å²) in [5.74, 6) is 0.0433. The van der Waals surface area contributed by atoms with Crippen LogP contribution in [0.2, 0.25) is 0 Å². The van der Waals surface area contributed by atoms with Crippen molar-refractivity contribution in [2.45, 2.75) is 45.6 Å². The molecule has 0 saturated heterocycles. The van der Waals surface area contributed by atoms with Crippen LogP contribution >= 0.6 is 15.9 Å². The fourth-order valence-electron chi connectivity index (χ4n) is 4.22. The van der Waals surface area contributed by atoms with Crippen molar-refractivity contribution in [2.75, 3.05) is 11.4 Å². The first-order valence-electron chi connectivity index (χ1n) is 9.25. The standard InChI is InChI=1S/C23H24BrFN2/c1-5-27-22-12-21(25)17(11-20(22)15(2)13-23(27,3)4)9-18(14-26)16-7-6-8-19(24)10-16/h6-12,15H,5,13H2,1-4H3/b18-9+. The van der Waals surface area contributed by atoms with Gasteiger partial charge in [0.15, 0.2) is 0 Å². The highest BCUT2D eigenvalue weighted by Crippen LogP contribution is 2.44. The van der Waals surface area contributed by atoms with Crippen molar-refractivity contribution in [2.24, 2.45) is 0 Å². The Labute approximate surface area is 169 Å². The van der Waals surface area contributed by atoms with Gasteiger partial charge in [0.05, 0.1) is 11.6 Å². The van der Waals surface area contributed by atoms with E-state index in [0.29, 0.717) is 17.1 Å². The van der Waals surface area contributed by atoms with Crippen molar-refractivity contribution in [1.82, 2.24) is 0 Å². The number of rotatable bonds is 3. The van der Waals surface area contributed by atoms with Crippen molar-refractivity contribution in [1.29, 1.82) is 5.26 Å². The minimum atomic E-state index is -0.292. The molecule has 0 amide bonds. The summed E-state index contributed by atoms with van der Waals surface area (Å²) in [6, 6.07) is 13.3. The number of hydrogen-bond donors (Lipinski definition) is 0. The summed E-state index contributed by atoms with van der Waals surface area (Å²) in [5.41, 5.74) is 3.80. The second kappa shape index (κ2) is 7.48. The lowest BCUT2D eigenvalue weighted by Crippen LogP contribution is -2.48. The minimum absolute atomic E-state index is 0.000900. The molecule has 1 unspecified atom stereocenters. The zero-order valence-corrected chi connectivity index (χ0v) is 17.8. The minimum Gasteiger partial charge on any atom is -0.366 e. The third-order valence-electron chi connectivity index (χ3n) is 5.38. The molecule has 0 spiro atoms. The number of allylic oxidation sites excluding steroid dienone is 1. The zero-order chi connectivity index (χ0) is 19.8. The third kappa shape index (κ3) is 3.80. The van der Waals surface area contributed by atoms with Gasteiger partial charge in [-0.15, -0.1) is 0 Å². The van der Waals surface area contributed by atoms with Crippen molar-refractivity contribution >= 4 is 33.3 Å². The molecule has 2 aromatic carbocycles. The van der Waals surface area contributed by atoms with E-state index < -0.39 is 0 Å². The van der Waals surface area contributed by atoms with Gasteiger partial charge in [-0.3, -0.25) is 0 Å². The zero-order valence-electron chi connectivity index (χ0n) is 16.2. The van der Waals surface area contributed by atoms with Crippen LogP contribution in [-0.2, 0) is 0 Å². The second-order valence-electron chi connectivity index (χ2n) is 7.77. The monoisotopic (exact) mass is 426 g/mol. The first-order valence-corrected chi connectivity index (χ1v) is 10.0. The van der Waals surface area contributed by atoms with E-state index in [2.05, 4.69) is 54.6 Å². The highest BCUT2D eigenvalue weighted by atomic mass is 79.9. The van der Waals surface area contributed by atoms with Crippen molar-refractivity contribution in [3.63, 3.8) is 0 Å². The highest BCUT2D eigenvalue weighted by molar-refractivity contribution is 9.10. The molecule has 0 aromatic heterocycles. The number of nitrogens with zero attached hydrogens (tertiary/aromatic N) is 2. The van der Waals surface area contributed by atoms with Crippen LogP contribution in [0.5, 0.6) is 0 Å². The van der Waals surface area contributed by atoms with Gasteiger partial charge in [0.25, 0.3) is 0 Å². The van der Waals surface area contributed by atoms with Crippen LogP contribution in [0.25, 0.3) is 11.6 Å². The van der Waals surface area contributed by atoms with Crippen molar-refractivity contribution in [3.05, 3.63) is 63.4 Å². The molecule has 1 aliphatic heterocycles. The van der Waals surface area contributed by atoms with Gasteiger partial charge in [0.2, 0.25) is 0 Å². The maximum atomic E-state index is 15.0. The Morgan fingerprint density at radius 2 is 2.11 bits per heavy atom. The van der Waals surface area contributed by atoms with Gasteiger partial charge in [-0.2, -0.15) is 5.26 Å². The van der Waals surface area contributed by atoms with Gasteiger partial charge >= 0.3 is 0 Å². The van der Waals surface area contributed by atoms with E-state index in [1.165, 1.54) is 0 Å². The molecular weight excluding hydrogens is 403 g/mol. The van der Waals surface area contributed by atoms with Gasteiger partial charge < -0.3 is 4.90 Å². The molecule has 4 heteroatoms. The fourth-order valence-corrected chi connectivity index (χ4v) is 4.62. The van der Waals surface area contributed by atoms with Crippen LogP contribution < -0.4 is 4.90 Å². The molecule has 0 fully saturated rings. The van der Waals surface area contributed by atoms with Crippen LogP contribution in [0.15, 0.2) is 40.9 Å². The van der Waals surface area contributed by atoms with Crippen LogP contribution in [-0.4, -0.2) is 12.1 Å². The molecule has 1 aliphatic rings. The SMILES string of the molecule is CCN1c2cc(F)c(/C=C(\C#N)c3cccc(Br)c3)cc2C(C)CC1(C)C. The lowest BCUT2D eigenvalue weighted by Gasteiger charge is -2.47. The van der Waals surface area contributed by atoms with E-state index in [4.69, 9.17) is 0 Å². The molecule has 140 valence electrons. The topological polar surface area (TPSA) is 27.0 Å². The number of halogens is 2. The maximum Gasteiger partial charge on any atom is 0.132 e. The summed E-state index contributed by atoms with van der Waals surface area (Å²) in [6.07, 6.45) is 2.67. The van der Waals surface area contributed by atoms with Gasteiger partial charge in [0.1, 0.15) is 5.82 Å². The maximum absolute atomic E-state index is 15.0. The Hall–Kier alpha value is -2.12. The normalized spacial score (nSPS) is 18.8. The van der Waals surface area contributed by atoms with Crippen LogP contribution in [0.4, 0.5) is 10.1 Å². The van der Waals surface area contributed by atoms with Gasteiger partial charge in [0, 0.05) is 27.8 Å². The molecule has 1 heterocycles. The summed E-state index contributed by atoms with van der Waals surface area (Å²) < 4.78 is 15.9. The number of fused-ring (bicyclic) bond motifs is 1. The molecule has 1 atom stereocenters. The molecule has 0 radical (unpaired) electrons. The molecule has 2 nitrogen and oxygen atoms in total. The van der Waals surface area contributed by atoms with E-state index in [1.54, 1.807) is 12.1 Å². The van der Waals surface area contributed by atoms with Crippen LogP contribution in [0.3, 0.4) is 0 Å². The first-order chi connectivity index (χ1) is 12.8. The van der Waals surface area contributed by atoms with Crippen LogP contribution in [0.1, 0.15) is 56.7 Å². The molecule has 0 saturated carbocycles. The molecule has 0 bridgehead atoms. The first kappa shape index (κ1) is 19.6. The van der Waals surface area contributed by atoms with E-state index in [-0.39, 0.29) is 11.4 Å². The van der Waals surface area contributed by atoms with E-state index in [9.17, 15) is 9.65 Å². The van der Waals surface area contributed by atoms with Crippen molar-refractivity contribution < 1.29 is 4.39 Å². The highest BCUT2D eigenvalue weighted by Gasteiger charge is 2.36. The predicted molar refractivity (Wildman–Crippen MR) is 114 cm³/mol. The second-order valence-corrected chi connectivity index (χ2v) is 8.69. The average molecular weight is 427 g/mol. The Morgan fingerprint density at radius 1 is 1.37 bits per heavy atom. The lowest BCUT2D eigenvalue weighted by molar-refractivity contribution is 0.380. The number of anilines is 1. The van der Waals surface area contributed by atoms with Gasteiger partial charge in [-0.25, -0.2) is 4.39 Å². The predicted octanol–water partition coefficient (Wildman–Crippen LogP) is 6.76. The van der Waals surface area contributed by atoms with Crippen LogP contribution in [0, 0.1) is 17.1 Å². The Balaban J connectivity index is 2.11. The van der Waals surface area contributed by atoms with Crippen molar-refractivity contribution in [3.8, 4) is 6.07 Å². The summed E-state index contributed by atoms with van der Waals surface area (Å²) in [6.45, 7) is 9.56. The molecule has 0 N–H and O–H groups in total. The Morgan fingerprint density at radius 3 is 2.74 bits per heavy atom. The molecule has 2 aromatic rings. The summed E-state index contributed by atoms with van der Waals surface area (Å²) in [4.78, 5) is 2.28. The smallest absolute Gasteiger partial charge is 0.132 e. The Kier molecular flexibility index (Phi) is 5.44. The largest absolute Gasteiger partial charge is 0.366 e. The molecule has 3 rings (SSSR count). The molecule has 0 aliphatic carbocycles. The molecule has 27 heavy (non-hydrogen) atoms. The van der Waals surface area contributed by atoms with Gasteiger partial charge in [-0.05, 0) is 74.6 Å². The summed E-state index contributed by atoms with van der Waals surface area (Å²) in [7, 11) is 0. The number of hydrogen-bond acceptors (Lipinski definition) is 2. The number of benzene rings is 2. The van der Waals surface area contributed by atoms with E-state index >= 15 is 0 Å². The summed E-state index contributed by atoms with van der Waals surface area (Å²) >= 11 is 3.43. The van der Waals surface area contributed by atoms with Gasteiger partial charge in [-0.1, -0.05) is 35.0 Å².